The lowest BCUT2D eigenvalue weighted by molar-refractivity contribution is 0.109. The standard InChI is InChI=1S/C20H18ClN3O3/c21-16-4-2-1-3-13(16)12-5-6-14(12)20-23-18(24-27-20)15-9-11-10-26-8-7-17(11)22-19(15)25/h1-4,9,12,14H,5-8,10H2,(H,22,25). The molecule has 2 aromatic heterocycles. The molecule has 0 spiro atoms. The van der Waals surface area contributed by atoms with Gasteiger partial charge in [-0.2, -0.15) is 4.98 Å². The number of aromatic nitrogens is 3. The van der Waals surface area contributed by atoms with Crippen LogP contribution >= 0.6 is 11.6 Å². The summed E-state index contributed by atoms with van der Waals surface area (Å²) in [6.07, 6.45) is 2.71. The molecule has 6 nitrogen and oxygen atoms in total. The van der Waals surface area contributed by atoms with Crippen molar-refractivity contribution in [3.05, 3.63) is 68.4 Å². The van der Waals surface area contributed by atoms with Crippen molar-refractivity contribution in [2.45, 2.75) is 37.7 Å². The first-order valence-electron chi connectivity index (χ1n) is 9.12. The van der Waals surface area contributed by atoms with Crippen LogP contribution in [0.3, 0.4) is 0 Å². The number of nitrogens with zero attached hydrogens (tertiary/aromatic N) is 2. The maximum atomic E-state index is 12.4. The molecule has 1 aliphatic carbocycles. The number of nitrogens with one attached hydrogen (secondary N) is 1. The van der Waals surface area contributed by atoms with Gasteiger partial charge in [0.1, 0.15) is 0 Å². The van der Waals surface area contributed by atoms with Gasteiger partial charge < -0.3 is 14.2 Å². The SMILES string of the molecule is O=c1[nH]c2c(cc1-c1noc(C3CCC3c3ccccc3Cl)n1)COCC2. The topological polar surface area (TPSA) is 81.0 Å². The lowest BCUT2D eigenvalue weighted by Gasteiger charge is -2.34. The first-order chi connectivity index (χ1) is 13.2. The Morgan fingerprint density at radius 1 is 1.19 bits per heavy atom. The second kappa shape index (κ2) is 6.62. The van der Waals surface area contributed by atoms with Crippen LogP contribution in [0.15, 0.2) is 39.6 Å². The summed E-state index contributed by atoms with van der Waals surface area (Å²) in [7, 11) is 0. The summed E-state index contributed by atoms with van der Waals surface area (Å²) in [6, 6.07) is 9.68. The van der Waals surface area contributed by atoms with Crippen molar-refractivity contribution in [3.63, 3.8) is 0 Å². The number of rotatable bonds is 3. The fourth-order valence-electron chi connectivity index (χ4n) is 3.92. The van der Waals surface area contributed by atoms with Gasteiger partial charge in [-0.1, -0.05) is 35.0 Å². The Hall–Kier alpha value is -2.44. The molecule has 7 heteroatoms. The average molecular weight is 384 g/mol. The van der Waals surface area contributed by atoms with Crippen molar-refractivity contribution in [2.24, 2.45) is 0 Å². The monoisotopic (exact) mass is 383 g/mol. The van der Waals surface area contributed by atoms with Gasteiger partial charge >= 0.3 is 0 Å². The van der Waals surface area contributed by atoms with E-state index in [2.05, 4.69) is 15.1 Å². The number of fused-ring (bicyclic) bond motifs is 1. The zero-order valence-electron chi connectivity index (χ0n) is 14.6. The highest BCUT2D eigenvalue weighted by atomic mass is 35.5. The molecule has 5 rings (SSSR count). The Balaban J connectivity index is 1.46. The normalized spacial score (nSPS) is 21.5. The highest BCUT2D eigenvalue weighted by Crippen LogP contribution is 2.50. The number of ether oxygens (including phenoxy) is 1. The molecule has 1 fully saturated rings. The van der Waals surface area contributed by atoms with Crippen LogP contribution in [0.4, 0.5) is 0 Å². The average Bonchev–Trinajstić information content (AvgIpc) is 3.11. The summed E-state index contributed by atoms with van der Waals surface area (Å²) in [5.41, 5.74) is 3.23. The number of benzene rings is 1. The number of hydrogen-bond acceptors (Lipinski definition) is 5. The van der Waals surface area contributed by atoms with Crippen LogP contribution < -0.4 is 5.56 Å². The molecule has 0 bridgehead atoms. The van der Waals surface area contributed by atoms with Crippen molar-refractivity contribution in [1.29, 1.82) is 0 Å². The summed E-state index contributed by atoms with van der Waals surface area (Å²) in [4.78, 5) is 19.9. The van der Waals surface area contributed by atoms with Crippen molar-refractivity contribution < 1.29 is 9.26 Å². The van der Waals surface area contributed by atoms with Gasteiger partial charge in [0, 0.05) is 23.1 Å². The van der Waals surface area contributed by atoms with Gasteiger partial charge in [-0.3, -0.25) is 4.79 Å². The molecule has 1 aromatic carbocycles. The largest absolute Gasteiger partial charge is 0.376 e. The number of pyridine rings is 1. The first-order valence-corrected chi connectivity index (χ1v) is 9.49. The molecule has 2 unspecified atom stereocenters. The summed E-state index contributed by atoms with van der Waals surface area (Å²) >= 11 is 6.35. The molecule has 0 saturated heterocycles. The molecular weight excluding hydrogens is 366 g/mol. The molecule has 2 atom stereocenters. The molecule has 0 radical (unpaired) electrons. The fourth-order valence-corrected chi connectivity index (χ4v) is 4.20. The number of aromatic amines is 1. The minimum Gasteiger partial charge on any atom is -0.376 e. The highest BCUT2D eigenvalue weighted by molar-refractivity contribution is 6.31. The van der Waals surface area contributed by atoms with Crippen LogP contribution in [0, 0.1) is 0 Å². The Labute approximate surface area is 160 Å². The zero-order chi connectivity index (χ0) is 18.4. The van der Waals surface area contributed by atoms with Gasteiger partial charge in [-0.25, -0.2) is 0 Å². The molecule has 1 aliphatic heterocycles. The maximum absolute atomic E-state index is 12.4. The smallest absolute Gasteiger partial charge is 0.259 e. The Kier molecular flexibility index (Phi) is 4.10. The Morgan fingerprint density at radius 2 is 2.04 bits per heavy atom. The third-order valence-electron chi connectivity index (χ3n) is 5.55. The van der Waals surface area contributed by atoms with Gasteiger partial charge in [0.05, 0.1) is 18.8 Å². The Bertz CT molecular complexity index is 1060. The second-order valence-corrected chi connectivity index (χ2v) is 7.49. The summed E-state index contributed by atoms with van der Waals surface area (Å²) in [6.45, 7) is 1.11. The van der Waals surface area contributed by atoms with Crippen LogP contribution in [-0.4, -0.2) is 21.7 Å². The van der Waals surface area contributed by atoms with Crippen LogP contribution in [0.5, 0.6) is 0 Å². The molecule has 3 heterocycles. The van der Waals surface area contributed by atoms with E-state index in [1.165, 1.54) is 0 Å². The van der Waals surface area contributed by atoms with Gasteiger partial charge in [-0.15, -0.1) is 0 Å². The van der Waals surface area contributed by atoms with E-state index in [0.717, 1.165) is 34.7 Å². The van der Waals surface area contributed by atoms with E-state index >= 15 is 0 Å². The van der Waals surface area contributed by atoms with Gasteiger partial charge in [0.2, 0.25) is 11.7 Å². The fraction of sp³-hybridized carbons (Fsp3) is 0.350. The molecular formula is C20H18ClN3O3. The molecule has 1 saturated carbocycles. The van der Waals surface area contributed by atoms with E-state index in [1.54, 1.807) is 0 Å². The molecule has 2 aliphatic rings. The van der Waals surface area contributed by atoms with Crippen molar-refractivity contribution in [3.8, 4) is 11.4 Å². The number of H-pyrrole nitrogens is 1. The molecule has 138 valence electrons. The third kappa shape index (κ3) is 2.89. The third-order valence-corrected chi connectivity index (χ3v) is 5.89. The van der Waals surface area contributed by atoms with Gasteiger partial charge in [0.25, 0.3) is 5.56 Å². The summed E-state index contributed by atoms with van der Waals surface area (Å²) < 4.78 is 11.0. The van der Waals surface area contributed by atoms with Crippen molar-refractivity contribution >= 4 is 11.6 Å². The number of hydrogen-bond donors (Lipinski definition) is 1. The van der Waals surface area contributed by atoms with E-state index in [4.69, 9.17) is 20.9 Å². The van der Waals surface area contributed by atoms with Crippen LogP contribution in [-0.2, 0) is 17.8 Å². The van der Waals surface area contributed by atoms with Crippen molar-refractivity contribution in [2.75, 3.05) is 6.61 Å². The maximum Gasteiger partial charge on any atom is 0.259 e. The van der Waals surface area contributed by atoms with Crippen LogP contribution in [0.2, 0.25) is 5.02 Å². The van der Waals surface area contributed by atoms with E-state index in [1.807, 2.05) is 30.3 Å². The Morgan fingerprint density at radius 3 is 2.85 bits per heavy atom. The minimum atomic E-state index is -0.195. The van der Waals surface area contributed by atoms with E-state index in [9.17, 15) is 4.79 Å². The van der Waals surface area contributed by atoms with Crippen LogP contribution in [0.25, 0.3) is 11.4 Å². The minimum absolute atomic E-state index is 0.131. The van der Waals surface area contributed by atoms with Gasteiger partial charge in [0.15, 0.2) is 0 Å². The molecule has 0 amide bonds. The lowest BCUT2D eigenvalue weighted by Crippen LogP contribution is -2.22. The number of halogens is 1. The van der Waals surface area contributed by atoms with Crippen molar-refractivity contribution in [1.82, 2.24) is 15.1 Å². The summed E-state index contributed by atoms with van der Waals surface area (Å²) in [5.74, 6) is 1.28. The molecule has 3 aromatic rings. The van der Waals surface area contributed by atoms with E-state index in [-0.39, 0.29) is 17.4 Å². The van der Waals surface area contributed by atoms with E-state index in [0.29, 0.717) is 36.9 Å². The van der Waals surface area contributed by atoms with Crippen LogP contribution in [0.1, 0.15) is 47.4 Å². The molecule has 27 heavy (non-hydrogen) atoms. The zero-order valence-corrected chi connectivity index (χ0v) is 15.3. The lowest BCUT2D eigenvalue weighted by atomic mass is 9.70. The summed E-state index contributed by atoms with van der Waals surface area (Å²) in [5, 5.41) is 4.83. The molecule has 1 N–H and O–H groups in total. The van der Waals surface area contributed by atoms with E-state index < -0.39 is 0 Å². The quantitative estimate of drug-likeness (QED) is 0.743. The second-order valence-electron chi connectivity index (χ2n) is 7.09. The predicted octanol–water partition coefficient (Wildman–Crippen LogP) is 3.81. The van der Waals surface area contributed by atoms with Gasteiger partial charge in [-0.05, 0) is 42.0 Å². The first kappa shape index (κ1) is 16.7. The predicted molar refractivity (Wildman–Crippen MR) is 99.9 cm³/mol. The highest BCUT2D eigenvalue weighted by Gasteiger charge is 2.38.